The lowest BCUT2D eigenvalue weighted by atomic mass is 10.1. The molecule has 17 heavy (non-hydrogen) atoms. The minimum Gasteiger partial charge on any atom is -0.253 e. The van der Waals surface area contributed by atoms with Gasteiger partial charge in [-0.2, -0.15) is 5.10 Å². The number of benzene rings is 1. The molecule has 0 aliphatic rings. The number of fused-ring (bicyclic) bond motifs is 1. The predicted octanol–water partition coefficient (Wildman–Crippen LogP) is 4.48. The number of nitrogens with one attached hydrogen (secondary N) is 1. The predicted molar refractivity (Wildman–Crippen MR) is 79.2 cm³/mol. The SMILES string of the molecule is CC(C)=NNc1nc2c(C)c(C)c(Br)cc2s1. The number of anilines is 1. The number of thiazole rings is 1. The molecular formula is C12H14BrN3S. The third-order valence-corrected chi connectivity index (χ3v) is 4.29. The zero-order valence-corrected chi connectivity index (χ0v) is 12.7. The van der Waals surface area contributed by atoms with Gasteiger partial charge in [0.2, 0.25) is 5.13 Å². The van der Waals surface area contributed by atoms with E-state index in [9.17, 15) is 0 Å². The molecule has 1 aromatic carbocycles. The molecule has 0 aliphatic carbocycles. The van der Waals surface area contributed by atoms with Gasteiger partial charge in [-0.1, -0.05) is 27.3 Å². The van der Waals surface area contributed by atoms with Crippen molar-refractivity contribution in [1.82, 2.24) is 4.98 Å². The van der Waals surface area contributed by atoms with Crippen molar-refractivity contribution in [1.29, 1.82) is 0 Å². The molecule has 0 aliphatic heterocycles. The van der Waals surface area contributed by atoms with Gasteiger partial charge in [0.25, 0.3) is 0 Å². The molecule has 1 aromatic heterocycles. The number of aromatic nitrogens is 1. The van der Waals surface area contributed by atoms with E-state index in [2.05, 4.69) is 51.4 Å². The highest BCUT2D eigenvalue weighted by atomic mass is 79.9. The van der Waals surface area contributed by atoms with E-state index in [1.165, 1.54) is 15.8 Å². The Kier molecular flexibility index (Phi) is 3.49. The average Bonchev–Trinajstić information content (AvgIpc) is 2.66. The van der Waals surface area contributed by atoms with Crippen LogP contribution in [-0.2, 0) is 0 Å². The number of rotatable bonds is 2. The third-order valence-electron chi connectivity index (χ3n) is 2.56. The summed E-state index contributed by atoms with van der Waals surface area (Å²) in [6, 6.07) is 2.11. The average molecular weight is 312 g/mol. The molecule has 0 bridgehead atoms. The minimum atomic E-state index is 0.835. The Morgan fingerprint density at radius 1 is 1.35 bits per heavy atom. The van der Waals surface area contributed by atoms with Gasteiger partial charge in [0.1, 0.15) is 0 Å². The molecule has 0 unspecified atom stereocenters. The molecule has 0 amide bonds. The number of hydrogen-bond acceptors (Lipinski definition) is 4. The normalized spacial score (nSPS) is 10.6. The van der Waals surface area contributed by atoms with Gasteiger partial charge in [-0.25, -0.2) is 4.98 Å². The maximum absolute atomic E-state index is 4.57. The zero-order chi connectivity index (χ0) is 12.6. The fourth-order valence-electron chi connectivity index (χ4n) is 1.49. The molecule has 2 aromatic rings. The van der Waals surface area contributed by atoms with Crippen molar-refractivity contribution in [2.24, 2.45) is 5.10 Å². The van der Waals surface area contributed by atoms with E-state index in [4.69, 9.17) is 0 Å². The number of hydrogen-bond donors (Lipinski definition) is 1. The molecule has 0 saturated heterocycles. The van der Waals surface area contributed by atoms with Crippen LogP contribution in [0, 0.1) is 13.8 Å². The fourth-order valence-corrected chi connectivity index (χ4v) is 3.07. The van der Waals surface area contributed by atoms with Crippen LogP contribution in [0.2, 0.25) is 0 Å². The van der Waals surface area contributed by atoms with Gasteiger partial charge in [0, 0.05) is 10.2 Å². The van der Waals surface area contributed by atoms with Crippen LogP contribution in [0.3, 0.4) is 0 Å². The summed E-state index contributed by atoms with van der Waals surface area (Å²) in [6.07, 6.45) is 0. The Bertz CT molecular complexity index is 597. The Hall–Kier alpha value is -0.940. The molecule has 1 N–H and O–H groups in total. The van der Waals surface area contributed by atoms with Crippen LogP contribution >= 0.6 is 27.3 Å². The first-order valence-electron chi connectivity index (χ1n) is 5.32. The van der Waals surface area contributed by atoms with Gasteiger partial charge in [0.05, 0.1) is 10.2 Å². The summed E-state index contributed by atoms with van der Waals surface area (Å²) in [4.78, 5) is 4.57. The highest BCUT2D eigenvalue weighted by molar-refractivity contribution is 9.10. The van der Waals surface area contributed by atoms with Gasteiger partial charge in [-0.05, 0) is 44.9 Å². The third kappa shape index (κ3) is 2.50. The lowest BCUT2D eigenvalue weighted by Crippen LogP contribution is -1.92. The van der Waals surface area contributed by atoms with E-state index in [-0.39, 0.29) is 0 Å². The van der Waals surface area contributed by atoms with Crippen LogP contribution in [0.25, 0.3) is 10.2 Å². The van der Waals surface area contributed by atoms with E-state index >= 15 is 0 Å². The van der Waals surface area contributed by atoms with E-state index < -0.39 is 0 Å². The first kappa shape index (κ1) is 12.5. The second-order valence-electron chi connectivity index (χ2n) is 4.14. The zero-order valence-electron chi connectivity index (χ0n) is 10.3. The lowest BCUT2D eigenvalue weighted by Gasteiger charge is -2.02. The standard InChI is InChI=1S/C12H14BrN3S/c1-6(2)15-16-12-14-11-8(4)7(3)9(13)5-10(11)17-12/h5H,1-4H3,(H,14,16). The highest BCUT2D eigenvalue weighted by Gasteiger charge is 2.10. The smallest absolute Gasteiger partial charge is 0.204 e. The van der Waals surface area contributed by atoms with Gasteiger partial charge >= 0.3 is 0 Å². The van der Waals surface area contributed by atoms with E-state index in [1.54, 1.807) is 11.3 Å². The summed E-state index contributed by atoms with van der Waals surface area (Å²) in [5.41, 5.74) is 7.48. The topological polar surface area (TPSA) is 37.3 Å². The van der Waals surface area contributed by atoms with E-state index in [0.29, 0.717) is 0 Å². The maximum atomic E-state index is 4.57. The van der Waals surface area contributed by atoms with Crippen molar-refractivity contribution >= 4 is 48.3 Å². The quantitative estimate of drug-likeness (QED) is 0.655. The van der Waals surface area contributed by atoms with Gasteiger partial charge in [-0.3, -0.25) is 5.43 Å². The summed E-state index contributed by atoms with van der Waals surface area (Å²) >= 11 is 5.19. The Morgan fingerprint density at radius 2 is 2.06 bits per heavy atom. The molecule has 3 nitrogen and oxygen atoms in total. The van der Waals surface area contributed by atoms with Crippen molar-refractivity contribution in [2.45, 2.75) is 27.7 Å². The number of halogens is 1. The summed E-state index contributed by atoms with van der Waals surface area (Å²) in [5, 5.41) is 5.00. The van der Waals surface area contributed by atoms with E-state index in [0.717, 1.165) is 20.8 Å². The van der Waals surface area contributed by atoms with Crippen LogP contribution in [0.5, 0.6) is 0 Å². The molecule has 0 saturated carbocycles. The van der Waals surface area contributed by atoms with E-state index in [1.807, 2.05) is 13.8 Å². The van der Waals surface area contributed by atoms with Crippen molar-refractivity contribution in [3.8, 4) is 0 Å². The second kappa shape index (κ2) is 4.74. The van der Waals surface area contributed by atoms with Crippen molar-refractivity contribution in [3.63, 3.8) is 0 Å². The first-order valence-corrected chi connectivity index (χ1v) is 6.93. The van der Waals surface area contributed by atoms with Crippen LogP contribution in [0.15, 0.2) is 15.6 Å². The van der Waals surface area contributed by atoms with Crippen molar-refractivity contribution in [3.05, 3.63) is 21.7 Å². The number of aryl methyl sites for hydroxylation is 1. The molecule has 2 rings (SSSR count). The highest BCUT2D eigenvalue weighted by Crippen LogP contribution is 2.33. The molecule has 90 valence electrons. The summed E-state index contributed by atoms with van der Waals surface area (Å²) in [7, 11) is 0. The second-order valence-corrected chi connectivity index (χ2v) is 6.03. The van der Waals surface area contributed by atoms with Crippen molar-refractivity contribution in [2.75, 3.05) is 5.43 Å². The Balaban J connectivity index is 2.51. The fraction of sp³-hybridized carbons (Fsp3) is 0.333. The Labute approximate surface area is 113 Å². The van der Waals surface area contributed by atoms with Gasteiger partial charge in [-0.15, -0.1) is 0 Å². The number of hydrazone groups is 1. The molecular weight excluding hydrogens is 298 g/mol. The van der Waals surface area contributed by atoms with Crippen LogP contribution in [0.1, 0.15) is 25.0 Å². The summed E-state index contributed by atoms with van der Waals surface area (Å²) in [6.45, 7) is 8.10. The molecule has 1 heterocycles. The monoisotopic (exact) mass is 311 g/mol. The molecule has 0 spiro atoms. The number of nitrogens with zero attached hydrogens (tertiary/aromatic N) is 2. The van der Waals surface area contributed by atoms with Gasteiger partial charge in [0.15, 0.2) is 0 Å². The lowest BCUT2D eigenvalue weighted by molar-refractivity contribution is 1.27. The molecule has 5 heteroatoms. The first-order chi connectivity index (χ1) is 7.99. The summed E-state index contributed by atoms with van der Waals surface area (Å²) in [5.74, 6) is 0. The van der Waals surface area contributed by atoms with Crippen LogP contribution in [-0.4, -0.2) is 10.7 Å². The largest absolute Gasteiger partial charge is 0.253 e. The van der Waals surface area contributed by atoms with Crippen LogP contribution < -0.4 is 5.43 Å². The molecule has 0 radical (unpaired) electrons. The summed E-state index contributed by atoms with van der Waals surface area (Å²) < 4.78 is 2.30. The van der Waals surface area contributed by atoms with Crippen molar-refractivity contribution < 1.29 is 0 Å². The molecule has 0 atom stereocenters. The minimum absolute atomic E-state index is 0.835. The Morgan fingerprint density at radius 3 is 2.71 bits per heavy atom. The molecule has 0 fully saturated rings. The van der Waals surface area contributed by atoms with Gasteiger partial charge < -0.3 is 0 Å². The van der Waals surface area contributed by atoms with Crippen LogP contribution in [0.4, 0.5) is 5.13 Å². The maximum Gasteiger partial charge on any atom is 0.204 e.